The van der Waals surface area contributed by atoms with Crippen molar-refractivity contribution in [1.29, 1.82) is 0 Å². The first-order valence-electron chi connectivity index (χ1n) is 11.4. The number of aryl methyl sites for hydroxylation is 1. The molecule has 1 heterocycles. The van der Waals surface area contributed by atoms with E-state index in [0.29, 0.717) is 43.6 Å². The fraction of sp³-hybridized carbons (Fsp3) is 0.370. The summed E-state index contributed by atoms with van der Waals surface area (Å²) in [7, 11) is 3.26. The molecule has 0 fully saturated rings. The second kappa shape index (κ2) is 13.5. The summed E-state index contributed by atoms with van der Waals surface area (Å²) in [4.78, 5) is 2.09. The Bertz CT molecular complexity index is 1090. The van der Waals surface area contributed by atoms with Gasteiger partial charge in [0.1, 0.15) is 6.61 Å². The third kappa shape index (κ3) is 7.31. The summed E-state index contributed by atoms with van der Waals surface area (Å²) in [6.45, 7) is 4.23. The number of para-hydroxylation sites is 3. The van der Waals surface area contributed by atoms with Crippen molar-refractivity contribution in [3.05, 3.63) is 65.9 Å². The summed E-state index contributed by atoms with van der Waals surface area (Å²) < 4.78 is 24.3. The Kier molecular flexibility index (Phi) is 10.1. The molecule has 0 aliphatic heterocycles. The maximum Gasteiger partial charge on any atom is 0.227 e. The van der Waals surface area contributed by atoms with E-state index in [1.807, 2.05) is 61.5 Å². The van der Waals surface area contributed by atoms with Crippen molar-refractivity contribution >= 4 is 0 Å². The molecule has 35 heavy (non-hydrogen) atoms. The van der Waals surface area contributed by atoms with Gasteiger partial charge < -0.3 is 24.1 Å². The molecule has 0 aliphatic rings. The molecule has 0 amide bonds. The molecule has 0 spiro atoms. The van der Waals surface area contributed by atoms with Crippen molar-refractivity contribution in [2.45, 2.75) is 19.6 Å². The molecule has 1 N–H and O–H groups in total. The number of aliphatic hydroxyl groups excluding tert-OH is 1. The minimum Gasteiger partial charge on any atom is -0.493 e. The Morgan fingerprint density at radius 1 is 1.09 bits per heavy atom. The molecule has 0 saturated heterocycles. The van der Waals surface area contributed by atoms with E-state index in [1.54, 1.807) is 18.9 Å². The summed E-state index contributed by atoms with van der Waals surface area (Å²) in [5.41, 5.74) is 2.59. The molecule has 0 saturated carbocycles. The maximum atomic E-state index is 10.5. The van der Waals surface area contributed by atoms with Gasteiger partial charge in [-0.05, 0) is 31.2 Å². The van der Waals surface area contributed by atoms with Crippen molar-refractivity contribution in [2.75, 3.05) is 47.1 Å². The lowest BCUT2D eigenvalue weighted by molar-refractivity contribution is 0.0206. The first kappa shape index (κ1) is 26.3. The lowest BCUT2D eigenvalue weighted by Gasteiger charge is -2.25. The standard InChI is InChI=1S/C27H33N3O5/c1-5-16-34-20-23(31)18-29(15-17-32-3)19-24-21(2)28-30(22-11-7-6-8-12-22)27(24)35-26-14-10-9-13-25(26)33-4/h1,6-14,23,31H,15-20H2,2-4H3/t23-/m1/s1. The summed E-state index contributed by atoms with van der Waals surface area (Å²) in [5.74, 6) is 4.20. The topological polar surface area (TPSA) is 78.2 Å². The van der Waals surface area contributed by atoms with E-state index >= 15 is 0 Å². The number of nitrogens with zero attached hydrogens (tertiary/aromatic N) is 3. The van der Waals surface area contributed by atoms with E-state index in [1.165, 1.54) is 0 Å². The average molecular weight is 480 g/mol. The number of hydrogen-bond acceptors (Lipinski definition) is 7. The van der Waals surface area contributed by atoms with Gasteiger partial charge in [0.2, 0.25) is 5.88 Å². The fourth-order valence-corrected chi connectivity index (χ4v) is 3.66. The van der Waals surface area contributed by atoms with E-state index in [0.717, 1.165) is 16.9 Å². The van der Waals surface area contributed by atoms with Gasteiger partial charge in [-0.1, -0.05) is 36.3 Å². The zero-order chi connectivity index (χ0) is 25.0. The van der Waals surface area contributed by atoms with Crippen LogP contribution in [0.4, 0.5) is 0 Å². The molecule has 0 bridgehead atoms. The van der Waals surface area contributed by atoms with Crippen molar-refractivity contribution in [2.24, 2.45) is 0 Å². The molecule has 1 aromatic heterocycles. The van der Waals surface area contributed by atoms with Gasteiger partial charge in [-0.3, -0.25) is 4.90 Å². The average Bonchev–Trinajstić information content (AvgIpc) is 3.18. The van der Waals surface area contributed by atoms with Crippen LogP contribution in [0.1, 0.15) is 11.3 Å². The van der Waals surface area contributed by atoms with Crippen LogP contribution in [0.5, 0.6) is 17.4 Å². The minimum absolute atomic E-state index is 0.153. The summed E-state index contributed by atoms with van der Waals surface area (Å²) in [6.07, 6.45) is 4.53. The Hall–Kier alpha value is -3.35. The number of aromatic nitrogens is 2. The lowest BCUT2D eigenvalue weighted by Crippen LogP contribution is -2.36. The van der Waals surface area contributed by atoms with E-state index in [4.69, 9.17) is 30.5 Å². The molecule has 3 rings (SSSR count). The minimum atomic E-state index is -0.705. The van der Waals surface area contributed by atoms with E-state index in [9.17, 15) is 5.11 Å². The Morgan fingerprint density at radius 2 is 1.80 bits per heavy atom. The van der Waals surface area contributed by atoms with Crippen molar-refractivity contribution in [1.82, 2.24) is 14.7 Å². The predicted octanol–water partition coefficient (Wildman–Crippen LogP) is 3.44. The molecule has 0 aliphatic carbocycles. The van der Waals surface area contributed by atoms with Crippen molar-refractivity contribution in [3.8, 4) is 35.4 Å². The Labute approximate surface area is 207 Å². The Balaban J connectivity index is 1.95. The molecule has 0 radical (unpaired) electrons. The smallest absolute Gasteiger partial charge is 0.227 e. The van der Waals surface area contributed by atoms with Crippen LogP contribution in [-0.4, -0.2) is 73.0 Å². The van der Waals surface area contributed by atoms with E-state index < -0.39 is 6.10 Å². The van der Waals surface area contributed by atoms with Gasteiger partial charge in [-0.25, -0.2) is 4.68 Å². The highest BCUT2D eigenvalue weighted by atomic mass is 16.5. The van der Waals surface area contributed by atoms with Crippen molar-refractivity contribution in [3.63, 3.8) is 0 Å². The summed E-state index contributed by atoms with van der Waals surface area (Å²) >= 11 is 0. The third-order valence-electron chi connectivity index (χ3n) is 5.37. The number of methoxy groups -OCH3 is 2. The number of aliphatic hydroxyl groups is 1. The monoisotopic (exact) mass is 479 g/mol. The molecule has 186 valence electrons. The van der Waals surface area contributed by atoms with Gasteiger partial charge in [-0.2, -0.15) is 5.10 Å². The first-order valence-corrected chi connectivity index (χ1v) is 11.4. The zero-order valence-electron chi connectivity index (χ0n) is 20.5. The van der Waals surface area contributed by atoms with Gasteiger partial charge in [0.15, 0.2) is 11.5 Å². The van der Waals surface area contributed by atoms with Crippen LogP contribution in [-0.2, 0) is 16.0 Å². The third-order valence-corrected chi connectivity index (χ3v) is 5.37. The van der Waals surface area contributed by atoms with Gasteiger partial charge in [0.05, 0.1) is 43.4 Å². The van der Waals surface area contributed by atoms with Crippen LogP contribution in [0.25, 0.3) is 5.69 Å². The molecule has 3 aromatic rings. The van der Waals surface area contributed by atoms with E-state index in [2.05, 4.69) is 10.8 Å². The zero-order valence-corrected chi connectivity index (χ0v) is 20.5. The number of ether oxygens (including phenoxy) is 4. The van der Waals surface area contributed by atoms with Gasteiger partial charge >= 0.3 is 0 Å². The van der Waals surface area contributed by atoms with Gasteiger partial charge in [0, 0.05) is 26.7 Å². The quantitative estimate of drug-likeness (QED) is 0.280. The highest BCUT2D eigenvalue weighted by Gasteiger charge is 2.23. The van der Waals surface area contributed by atoms with Crippen LogP contribution >= 0.6 is 0 Å². The van der Waals surface area contributed by atoms with Crippen LogP contribution in [0.3, 0.4) is 0 Å². The van der Waals surface area contributed by atoms with E-state index in [-0.39, 0.29) is 13.2 Å². The first-order chi connectivity index (χ1) is 17.1. The number of hydrogen-bond donors (Lipinski definition) is 1. The molecule has 1 atom stereocenters. The number of benzene rings is 2. The van der Waals surface area contributed by atoms with Crippen molar-refractivity contribution < 1.29 is 24.1 Å². The summed E-state index contributed by atoms with van der Waals surface area (Å²) in [6, 6.07) is 17.3. The van der Waals surface area contributed by atoms with Crippen LogP contribution in [0.2, 0.25) is 0 Å². The second-order valence-corrected chi connectivity index (χ2v) is 7.97. The van der Waals surface area contributed by atoms with Gasteiger partial charge in [0.25, 0.3) is 0 Å². The highest BCUT2D eigenvalue weighted by molar-refractivity contribution is 5.47. The second-order valence-electron chi connectivity index (χ2n) is 7.97. The van der Waals surface area contributed by atoms with Crippen LogP contribution < -0.4 is 9.47 Å². The number of rotatable bonds is 14. The fourth-order valence-electron chi connectivity index (χ4n) is 3.66. The van der Waals surface area contributed by atoms with Crippen LogP contribution in [0, 0.1) is 19.3 Å². The molecule has 0 unspecified atom stereocenters. The normalized spacial score (nSPS) is 11.9. The highest BCUT2D eigenvalue weighted by Crippen LogP contribution is 2.36. The molecule has 2 aromatic carbocycles. The largest absolute Gasteiger partial charge is 0.493 e. The predicted molar refractivity (Wildman–Crippen MR) is 134 cm³/mol. The Morgan fingerprint density at radius 3 is 2.49 bits per heavy atom. The maximum absolute atomic E-state index is 10.5. The lowest BCUT2D eigenvalue weighted by atomic mass is 10.2. The van der Waals surface area contributed by atoms with Crippen LogP contribution in [0.15, 0.2) is 54.6 Å². The molecule has 8 nitrogen and oxygen atoms in total. The summed E-state index contributed by atoms with van der Waals surface area (Å²) in [5, 5.41) is 15.3. The molecule has 8 heteroatoms. The molecular formula is C27H33N3O5. The van der Waals surface area contributed by atoms with Gasteiger partial charge in [-0.15, -0.1) is 6.42 Å². The SMILES string of the molecule is C#CCOC[C@H](O)CN(CCOC)Cc1c(C)nn(-c2ccccc2)c1Oc1ccccc1OC. The number of terminal acetylenes is 1. The molecular weight excluding hydrogens is 446 g/mol.